The van der Waals surface area contributed by atoms with Gasteiger partial charge in [-0.05, 0) is 55.7 Å². The van der Waals surface area contributed by atoms with E-state index in [1.807, 2.05) is 44.2 Å². The van der Waals surface area contributed by atoms with E-state index in [-0.39, 0.29) is 11.9 Å². The normalized spacial score (nSPS) is 19.1. The average molecular weight is 407 g/mol. The van der Waals surface area contributed by atoms with Crippen molar-refractivity contribution >= 4 is 28.7 Å². The van der Waals surface area contributed by atoms with Crippen LogP contribution in [0.15, 0.2) is 54.3 Å². The molecule has 0 aliphatic carbocycles. The zero-order valence-corrected chi connectivity index (χ0v) is 17.0. The minimum atomic E-state index is -0.640. The van der Waals surface area contributed by atoms with Crippen LogP contribution in [0.4, 0.5) is 10.1 Å². The summed E-state index contributed by atoms with van der Waals surface area (Å²) in [4.78, 5) is 23.9. The van der Waals surface area contributed by atoms with Crippen molar-refractivity contribution in [3.05, 3.63) is 76.8 Å². The van der Waals surface area contributed by atoms with Crippen LogP contribution in [0.3, 0.4) is 0 Å². The number of nitrogens with one attached hydrogen (secondary N) is 1. The number of ether oxygens (including phenoxy) is 2. The van der Waals surface area contributed by atoms with Crippen molar-refractivity contribution in [1.29, 1.82) is 0 Å². The Morgan fingerprint density at radius 3 is 2.60 bits per heavy atom. The molecule has 5 nitrogen and oxygen atoms in total. The molecule has 2 aliphatic heterocycles. The highest BCUT2D eigenvalue weighted by atomic mass is 19.1. The second-order valence-electron chi connectivity index (χ2n) is 7.83. The third-order valence-electron chi connectivity index (χ3n) is 5.37. The van der Waals surface area contributed by atoms with E-state index < -0.39 is 11.4 Å². The van der Waals surface area contributed by atoms with Gasteiger partial charge in [-0.3, -0.25) is 9.59 Å². The summed E-state index contributed by atoms with van der Waals surface area (Å²) in [5, 5.41) is 2.70. The Balaban J connectivity index is 1.67. The van der Waals surface area contributed by atoms with Crippen molar-refractivity contribution < 1.29 is 23.5 Å². The summed E-state index contributed by atoms with van der Waals surface area (Å²) < 4.78 is 24.3. The van der Waals surface area contributed by atoms with Crippen LogP contribution in [0.2, 0.25) is 0 Å². The van der Waals surface area contributed by atoms with Crippen molar-refractivity contribution in [2.75, 3.05) is 12.4 Å². The van der Waals surface area contributed by atoms with Gasteiger partial charge in [0.2, 0.25) is 0 Å². The molecular weight excluding hydrogens is 385 g/mol. The Morgan fingerprint density at radius 2 is 1.90 bits per heavy atom. The zero-order valence-electron chi connectivity index (χ0n) is 17.0. The lowest BCUT2D eigenvalue weighted by Crippen LogP contribution is -2.21. The highest BCUT2D eigenvalue weighted by molar-refractivity contribution is 6.32. The molecule has 1 amide bonds. The number of rotatable bonds is 4. The molecule has 0 atom stereocenters. The van der Waals surface area contributed by atoms with Crippen LogP contribution in [0, 0.1) is 5.82 Å². The Hall–Kier alpha value is -3.41. The molecule has 1 N–H and O–H groups in total. The lowest BCUT2D eigenvalue weighted by molar-refractivity contribution is -0.140. The van der Waals surface area contributed by atoms with Gasteiger partial charge in [0.15, 0.2) is 0 Å². The molecule has 0 spiro atoms. The number of hydrogen-bond acceptors (Lipinski definition) is 4. The van der Waals surface area contributed by atoms with Gasteiger partial charge in [0.25, 0.3) is 5.91 Å². The first-order chi connectivity index (χ1) is 14.3. The topological polar surface area (TPSA) is 64.6 Å². The number of amides is 1. The van der Waals surface area contributed by atoms with E-state index >= 15 is 0 Å². The minimum Gasteiger partial charge on any atom is -0.482 e. The van der Waals surface area contributed by atoms with Crippen molar-refractivity contribution in [1.82, 2.24) is 0 Å². The van der Waals surface area contributed by atoms with E-state index in [4.69, 9.17) is 4.74 Å². The van der Waals surface area contributed by atoms with Gasteiger partial charge < -0.3 is 14.8 Å². The maximum absolute atomic E-state index is 13.5. The van der Waals surface area contributed by atoms with Gasteiger partial charge in [-0.2, -0.15) is 0 Å². The number of allylic oxidation sites excluding steroid dienone is 1. The molecule has 6 heteroatoms. The first-order valence-electron chi connectivity index (χ1n) is 9.71. The summed E-state index contributed by atoms with van der Waals surface area (Å²) in [5.41, 5.74) is 3.78. The van der Waals surface area contributed by atoms with Crippen molar-refractivity contribution in [3.8, 4) is 0 Å². The third kappa shape index (κ3) is 3.61. The summed E-state index contributed by atoms with van der Waals surface area (Å²) in [6.45, 7) is 3.88. The number of methoxy groups -OCH3 is 1. The Morgan fingerprint density at radius 1 is 1.17 bits per heavy atom. The van der Waals surface area contributed by atoms with Gasteiger partial charge in [0.1, 0.15) is 17.2 Å². The van der Waals surface area contributed by atoms with Crippen LogP contribution in [0.25, 0.3) is 11.1 Å². The number of hydrogen-bond donors (Lipinski definition) is 1. The van der Waals surface area contributed by atoms with Crippen LogP contribution >= 0.6 is 0 Å². The molecular formula is C24H22FNO4. The average Bonchev–Trinajstić information content (AvgIpc) is 3.20. The fraction of sp³-hybridized carbons (Fsp3) is 0.250. The third-order valence-corrected chi connectivity index (χ3v) is 5.37. The van der Waals surface area contributed by atoms with Crippen molar-refractivity contribution in [2.24, 2.45) is 0 Å². The quantitative estimate of drug-likeness (QED) is 0.599. The van der Waals surface area contributed by atoms with E-state index in [9.17, 15) is 14.0 Å². The molecule has 30 heavy (non-hydrogen) atoms. The van der Waals surface area contributed by atoms with Gasteiger partial charge >= 0.3 is 5.97 Å². The SMILES string of the molecule is COC(=O)CCc1ccc(C2=CC(=C3C(=O)Nc4cc(F)ccc43)OC2(C)C)cc1. The second-order valence-corrected chi connectivity index (χ2v) is 7.83. The number of benzene rings is 2. The Labute approximate surface area is 174 Å². The van der Waals surface area contributed by atoms with Gasteiger partial charge in [-0.15, -0.1) is 0 Å². The largest absolute Gasteiger partial charge is 0.482 e. The number of esters is 1. The second kappa shape index (κ2) is 7.44. The maximum atomic E-state index is 13.5. The maximum Gasteiger partial charge on any atom is 0.305 e. The summed E-state index contributed by atoms with van der Waals surface area (Å²) >= 11 is 0. The smallest absolute Gasteiger partial charge is 0.305 e. The Kier molecular flexibility index (Phi) is 4.94. The number of carbonyl (C=O) groups excluding carboxylic acids is 2. The highest BCUT2D eigenvalue weighted by Crippen LogP contribution is 2.44. The molecule has 2 aromatic carbocycles. The fourth-order valence-corrected chi connectivity index (χ4v) is 3.81. The standard InChI is InChI=1S/C24H22FNO4/c1-24(2)18(15-7-4-14(5-8-15)6-11-21(27)29-3)13-20(30-24)22-17-10-9-16(25)12-19(17)26-23(22)28/h4-5,7-10,12-13H,6,11H2,1-3H3,(H,26,28). The van der Waals surface area contributed by atoms with Gasteiger partial charge in [0, 0.05) is 17.6 Å². The molecule has 2 heterocycles. The van der Waals surface area contributed by atoms with Crippen LogP contribution in [0.5, 0.6) is 0 Å². The molecule has 0 fully saturated rings. The molecule has 0 saturated heterocycles. The highest BCUT2D eigenvalue weighted by Gasteiger charge is 2.37. The van der Waals surface area contributed by atoms with Gasteiger partial charge in [0.05, 0.1) is 18.4 Å². The summed E-state index contributed by atoms with van der Waals surface area (Å²) in [5.74, 6) is -0.487. The van der Waals surface area contributed by atoms with Gasteiger partial charge in [-0.1, -0.05) is 24.3 Å². The molecule has 0 aromatic heterocycles. The van der Waals surface area contributed by atoms with E-state index in [2.05, 4.69) is 10.1 Å². The molecule has 0 unspecified atom stereocenters. The van der Waals surface area contributed by atoms with E-state index in [1.54, 1.807) is 6.07 Å². The zero-order chi connectivity index (χ0) is 21.5. The Bertz CT molecular complexity index is 1100. The van der Waals surface area contributed by atoms with Gasteiger partial charge in [-0.25, -0.2) is 4.39 Å². The first kappa shape index (κ1) is 19.9. The van der Waals surface area contributed by atoms with Crippen molar-refractivity contribution in [3.63, 3.8) is 0 Å². The molecule has 154 valence electrons. The number of aryl methyl sites for hydroxylation is 1. The predicted molar refractivity (Wildman–Crippen MR) is 112 cm³/mol. The monoisotopic (exact) mass is 407 g/mol. The van der Waals surface area contributed by atoms with Crippen LogP contribution in [0.1, 0.15) is 37.0 Å². The number of anilines is 1. The van der Waals surface area contributed by atoms with Crippen LogP contribution < -0.4 is 5.32 Å². The lowest BCUT2D eigenvalue weighted by atomic mass is 9.91. The molecule has 4 rings (SSSR count). The first-order valence-corrected chi connectivity index (χ1v) is 9.71. The molecule has 0 saturated carbocycles. The lowest BCUT2D eigenvalue weighted by Gasteiger charge is -2.23. The number of carbonyl (C=O) groups is 2. The number of fused-ring (bicyclic) bond motifs is 1. The molecule has 2 aromatic rings. The fourth-order valence-electron chi connectivity index (χ4n) is 3.81. The van der Waals surface area contributed by atoms with Crippen LogP contribution in [-0.2, 0) is 25.5 Å². The predicted octanol–water partition coefficient (Wildman–Crippen LogP) is 4.49. The van der Waals surface area contributed by atoms with E-state index in [0.29, 0.717) is 35.4 Å². The number of halogens is 1. The molecule has 0 radical (unpaired) electrons. The van der Waals surface area contributed by atoms with Crippen LogP contribution in [-0.4, -0.2) is 24.6 Å². The molecule has 2 aliphatic rings. The molecule has 0 bridgehead atoms. The minimum absolute atomic E-state index is 0.238. The summed E-state index contributed by atoms with van der Waals surface area (Å²) in [6.07, 6.45) is 2.81. The van der Waals surface area contributed by atoms with E-state index in [0.717, 1.165) is 16.7 Å². The van der Waals surface area contributed by atoms with Crippen molar-refractivity contribution in [2.45, 2.75) is 32.3 Å². The summed E-state index contributed by atoms with van der Waals surface area (Å²) in [7, 11) is 1.38. The van der Waals surface area contributed by atoms with E-state index in [1.165, 1.54) is 19.2 Å². The summed E-state index contributed by atoms with van der Waals surface area (Å²) in [6, 6.07) is 12.1.